The predicted molar refractivity (Wildman–Crippen MR) is 123 cm³/mol. The molecule has 2 nitrogen and oxygen atoms in total. The quantitative estimate of drug-likeness (QED) is 0.545. The third-order valence-electron chi connectivity index (χ3n) is 5.27. The number of anilines is 1. The van der Waals surface area contributed by atoms with Gasteiger partial charge < -0.3 is 0 Å². The molecule has 1 unspecified atom stereocenters. The van der Waals surface area contributed by atoms with Gasteiger partial charge >= 0.3 is 0 Å². The van der Waals surface area contributed by atoms with E-state index in [1.54, 1.807) is 0 Å². The SMILES string of the molecule is CC(C)(C)c1ccc(N2NC(C=Cc3ccccc3)=CC2c2ccccc2)cc1. The highest BCUT2D eigenvalue weighted by molar-refractivity contribution is 5.58. The number of hydrazine groups is 1. The number of nitrogens with zero attached hydrogens (tertiary/aromatic N) is 1. The van der Waals surface area contributed by atoms with Crippen molar-refractivity contribution in [3.8, 4) is 0 Å². The summed E-state index contributed by atoms with van der Waals surface area (Å²) in [5.74, 6) is 0. The summed E-state index contributed by atoms with van der Waals surface area (Å²) in [5, 5.41) is 2.24. The zero-order valence-corrected chi connectivity index (χ0v) is 17.3. The van der Waals surface area contributed by atoms with Crippen molar-refractivity contribution in [1.82, 2.24) is 5.43 Å². The summed E-state index contributed by atoms with van der Waals surface area (Å²) in [6.45, 7) is 6.74. The molecular formula is C27H28N2. The highest BCUT2D eigenvalue weighted by Gasteiger charge is 2.25. The van der Waals surface area contributed by atoms with E-state index in [1.165, 1.54) is 16.7 Å². The lowest BCUT2D eigenvalue weighted by molar-refractivity contribution is 0.590. The van der Waals surface area contributed by atoms with Gasteiger partial charge in [0.05, 0.1) is 17.4 Å². The molecule has 4 rings (SSSR count). The molecule has 0 saturated heterocycles. The number of hydrogen-bond donors (Lipinski definition) is 1. The topological polar surface area (TPSA) is 15.3 Å². The minimum Gasteiger partial charge on any atom is -0.298 e. The normalized spacial score (nSPS) is 16.7. The standard InChI is InChI=1S/C27H28N2/c1-27(2,3)23-15-18-25(19-16-23)29-26(22-12-8-5-9-13-22)20-24(28-29)17-14-21-10-6-4-7-11-21/h4-20,26,28H,1-3H3. The van der Waals surface area contributed by atoms with Crippen molar-refractivity contribution in [2.45, 2.75) is 32.2 Å². The first-order chi connectivity index (χ1) is 14.0. The summed E-state index contributed by atoms with van der Waals surface area (Å²) in [5.41, 5.74) is 9.80. The van der Waals surface area contributed by atoms with Crippen molar-refractivity contribution >= 4 is 11.8 Å². The molecule has 0 saturated carbocycles. The summed E-state index contributed by atoms with van der Waals surface area (Å²) in [4.78, 5) is 0. The first-order valence-corrected chi connectivity index (χ1v) is 10.2. The molecule has 0 amide bonds. The van der Waals surface area contributed by atoms with Crippen molar-refractivity contribution in [3.05, 3.63) is 119 Å². The highest BCUT2D eigenvalue weighted by atomic mass is 15.5. The molecule has 0 spiro atoms. The molecule has 1 heterocycles. The summed E-state index contributed by atoms with van der Waals surface area (Å²) in [6.07, 6.45) is 6.58. The van der Waals surface area contributed by atoms with E-state index in [1.807, 2.05) is 6.07 Å². The minimum atomic E-state index is 0.145. The molecule has 2 heteroatoms. The summed E-state index contributed by atoms with van der Waals surface area (Å²) < 4.78 is 0. The van der Waals surface area contributed by atoms with Crippen LogP contribution in [0.2, 0.25) is 0 Å². The Hall–Kier alpha value is -3.26. The van der Waals surface area contributed by atoms with Gasteiger partial charge in [0.15, 0.2) is 0 Å². The van der Waals surface area contributed by atoms with Crippen LogP contribution in [0.3, 0.4) is 0 Å². The summed E-state index contributed by atoms with van der Waals surface area (Å²) >= 11 is 0. The Kier molecular flexibility index (Phi) is 5.26. The fourth-order valence-corrected chi connectivity index (χ4v) is 3.58. The molecule has 1 aliphatic rings. The maximum absolute atomic E-state index is 3.59. The third kappa shape index (κ3) is 4.43. The third-order valence-corrected chi connectivity index (χ3v) is 5.27. The number of rotatable bonds is 4. The van der Waals surface area contributed by atoms with Crippen LogP contribution in [0.1, 0.15) is 43.5 Å². The first kappa shape index (κ1) is 19.1. The van der Waals surface area contributed by atoms with Crippen LogP contribution in [0.5, 0.6) is 0 Å². The molecule has 0 bridgehead atoms. The number of nitrogens with one attached hydrogen (secondary N) is 1. The zero-order chi connectivity index (χ0) is 20.3. The van der Waals surface area contributed by atoms with Gasteiger partial charge in [-0.25, -0.2) is 0 Å². The Balaban J connectivity index is 1.63. The molecule has 3 aromatic carbocycles. The van der Waals surface area contributed by atoms with Crippen molar-refractivity contribution in [1.29, 1.82) is 0 Å². The molecule has 1 atom stereocenters. The Morgan fingerprint density at radius 3 is 2.00 bits per heavy atom. The number of hydrogen-bond acceptors (Lipinski definition) is 2. The molecule has 1 N–H and O–H groups in total. The van der Waals surface area contributed by atoms with Crippen LogP contribution >= 0.6 is 0 Å². The maximum atomic E-state index is 3.59. The van der Waals surface area contributed by atoms with E-state index < -0.39 is 0 Å². The van der Waals surface area contributed by atoms with Gasteiger partial charge in [0.25, 0.3) is 0 Å². The van der Waals surface area contributed by atoms with E-state index in [2.05, 4.69) is 128 Å². The summed E-state index contributed by atoms with van der Waals surface area (Å²) in [6, 6.07) is 30.1. The Morgan fingerprint density at radius 1 is 0.759 bits per heavy atom. The number of benzene rings is 3. The predicted octanol–water partition coefficient (Wildman–Crippen LogP) is 6.65. The first-order valence-electron chi connectivity index (χ1n) is 10.2. The van der Waals surface area contributed by atoms with Gasteiger partial charge in [-0.3, -0.25) is 10.4 Å². The van der Waals surface area contributed by atoms with E-state index in [-0.39, 0.29) is 11.5 Å². The molecule has 29 heavy (non-hydrogen) atoms. The van der Waals surface area contributed by atoms with Gasteiger partial charge in [-0.05, 0) is 46.4 Å². The number of allylic oxidation sites excluding steroid dienone is 1. The molecule has 146 valence electrons. The van der Waals surface area contributed by atoms with Crippen LogP contribution in [0, 0.1) is 0 Å². The second kappa shape index (κ2) is 8.00. The lowest BCUT2D eigenvalue weighted by Crippen LogP contribution is -2.34. The van der Waals surface area contributed by atoms with Gasteiger partial charge in [0, 0.05) is 0 Å². The average molecular weight is 381 g/mol. The lowest BCUT2D eigenvalue weighted by Gasteiger charge is -2.28. The van der Waals surface area contributed by atoms with Crippen LogP contribution in [0.25, 0.3) is 6.08 Å². The maximum Gasteiger partial charge on any atom is 0.0958 e. The minimum absolute atomic E-state index is 0.145. The van der Waals surface area contributed by atoms with Gasteiger partial charge in [-0.2, -0.15) is 0 Å². The monoisotopic (exact) mass is 380 g/mol. The lowest BCUT2D eigenvalue weighted by atomic mass is 9.87. The van der Waals surface area contributed by atoms with Crippen molar-refractivity contribution in [3.63, 3.8) is 0 Å². The van der Waals surface area contributed by atoms with Gasteiger partial charge in [0.2, 0.25) is 0 Å². The van der Waals surface area contributed by atoms with E-state index in [4.69, 9.17) is 0 Å². The van der Waals surface area contributed by atoms with Gasteiger partial charge in [-0.1, -0.05) is 99.6 Å². The smallest absolute Gasteiger partial charge is 0.0958 e. The van der Waals surface area contributed by atoms with E-state index in [0.29, 0.717) is 0 Å². The molecule has 0 fully saturated rings. The summed E-state index contributed by atoms with van der Waals surface area (Å²) in [7, 11) is 0. The molecule has 0 aliphatic carbocycles. The van der Waals surface area contributed by atoms with Crippen molar-refractivity contribution < 1.29 is 0 Å². The van der Waals surface area contributed by atoms with Gasteiger partial charge in [0.1, 0.15) is 0 Å². The molecular weight excluding hydrogens is 352 g/mol. The van der Waals surface area contributed by atoms with E-state index in [9.17, 15) is 0 Å². The van der Waals surface area contributed by atoms with Crippen LogP contribution in [-0.4, -0.2) is 0 Å². The molecule has 0 radical (unpaired) electrons. The zero-order valence-electron chi connectivity index (χ0n) is 17.3. The van der Waals surface area contributed by atoms with Crippen LogP contribution in [-0.2, 0) is 5.41 Å². The molecule has 1 aliphatic heterocycles. The molecule has 0 aromatic heterocycles. The average Bonchev–Trinajstić information content (AvgIpc) is 3.17. The Bertz CT molecular complexity index is 994. The molecule has 3 aromatic rings. The fourth-order valence-electron chi connectivity index (χ4n) is 3.58. The van der Waals surface area contributed by atoms with Crippen LogP contribution < -0.4 is 10.4 Å². The second-order valence-corrected chi connectivity index (χ2v) is 8.50. The highest BCUT2D eigenvalue weighted by Crippen LogP contribution is 2.33. The largest absolute Gasteiger partial charge is 0.298 e. The fraction of sp³-hybridized carbons (Fsp3) is 0.185. The van der Waals surface area contributed by atoms with Crippen LogP contribution in [0.15, 0.2) is 103 Å². The Morgan fingerprint density at radius 2 is 1.38 bits per heavy atom. The second-order valence-electron chi connectivity index (χ2n) is 8.50. The van der Waals surface area contributed by atoms with Crippen LogP contribution in [0.4, 0.5) is 5.69 Å². The van der Waals surface area contributed by atoms with Crippen molar-refractivity contribution in [2.24, 2.45) is 0 Å². The Labute approximate surface area is 174 Å². The van der Waals surface area contributed by atoms with E-state index >= 15 is 0 Å². The van der Waals surface area contributed by atoms with E-state index in [0.717, 1.165) is 11.4 Å². The van der Waals surface area contributed by atoms with Crippen molar-refractivity contribution in [2.75, 3.05) is 5.01 Å². The van der Waals surface area contributed by atoms with Gasteiger partial charge in [-0.15, -0.1) is 0 Å².